The van der Waals surface area contributed by atoms with Crippen LogP contribution >= 0.6 is 11.6 Å². The summed E-state index contributed by atoms with van der Waals surface area (Å²) in [6.07, 6.45) is -0.434. The van der Waals surface area contributed by atoms with Crippen LogP contribution in [0, 0.1) is 0 Å². The van der Waals surface area contributed by atoms with Crippen molar-refractivity contribution in [2.75, 3.05) is 31.6 Å². The molecular formula is C26H25ClF3N5O4. The van der Waals surface area contributed by atoms with E-state index in [2.05, 4.69) is 21.9 Å². The molecule has 2 aromatic heterocycles. The molecule has 0 aliphatic carbocycles. The third-order valence-corrected chi connectivity index (χ3v) is 6.95. The molecule has 0 spiro atoms. The van der Waals surface area contributed by atoms with Crippen molar-refractivity contribution in [1.82, 2.24) is 19.4 Å². The quantitative estimate of drug-likeness (QED) is 0.430. The van der Waals surface area contributed by atoms with Gasteiger partial charge in [-0.1, -0.05) is 18.2 Å². The van der Waals surface area contributed by atoms with Gasteiger partial charge in [0.05, 0.1) is 35.3 Å². The van der Waals surface area contributed by atoms with Crippen molar-refractivity contribution in [1.29, 1.82) is 0 Å². The van der Waals surface area contributed by atoms with Gasteiger partial charge >= 0.3 is 6.18 Å². The second-order valence-electron chi connectivity index (χ2n) is 9.38. The van der Waals surface area contributed by atoms with E-state index < -0.39 is 17.8 Å². The Hall–Kier alpha value is -3.64. The molecule has 1 aromatic carbocycles. The van der Waals surface area contributed by atoms with Crippen LogP contribution in [0.5, 0.6) is 5.75 Å². The number of carbonyl (C=O) groups is 2. The summed E-state index contributed by atoms with van der Waals surface area (Å²) < 4.78 is 52.4. The lowest BCUT2D eigenvalue weighted by Gasteiger charge is -2.27. The first kappa shape index (κ1) is 26.9. The van der Waals surface area contributed by atoms with Crippen molar-refractivity contribution in [2.24, 2.45) is 0 Å². The average molecular weight is 564 g/mol. The van der Waals surface area contributed by atoms with Crippen LogP contribution in [-0.4, -0.2) is 63.7 Å². The van der Waals surface area contributed by atoms with E-state index in [1.165, 1.54) is 12.1 Å². The van der Waals surface area contributed by atoms with E-state index in [1.54, 1.807) is 21.6 Å². The van der Waals surface area contributed by atoms with Gasteiger partial charge < -0.3 is 18.9 Å². The summed E-state index contributed by atoms with van der Waals surface area (Å²) in [5, 5.41) is 2.97. The lowest BCUT2D eigenvalue weighted by atomic mass is 10.1. The van der Waals surface area contributed by atoms with E-state index in [0.29, 0.717) is 60.6 Å². The molecule has 2 amide bonds. The number of likely N-dealkylation sites (tertiary alicyclic amines) is 1. The predicted molar refractivity (Wildman–Crippen MR) is 137 cm³/mol. The highest BCUT2D eigenvalue weighted by Crippen LogP contribution is 2.37. The van der Waals surface area contributed by atoms with Crippen LogP contribution in [0.1, 0.15) is 41.4 Å². The Kier molecular flexibility index (Phi) is 7.50. The Morgan fingerprint density at radius 1 is 1.23 bits per heavy atom. The van der Waals surface area contributed by atoms with Crippen LogP contribution < -0.4 is 10.1 Å². The Balaban J connectivity index is 1.56. The average Bonchev–Trinajstić information content (AvgIpc) is 3.06. The molecule has 206 valence electrons. The van der Waals surface area contributed by atoms with Crippen molar-refractivity contribution in [3.05, 3.63) is 59.4 Å². The van der Waals surface area contributed by atoms with Crippen molar-refractivity contribution in [3.8, 4) is 5.75 Å². The highest BCUT2D eigenvalue weighted by Gasteiger charge is 2.33. The number of nitrogens with zero attached hydrogens (tertiary/aromatic N) is 4. The molecule has 2 saturated heterocycles. The maximum atomic E-state index is 13.2. The van der Waals surface area contributed by atoms with Gasteiger partial charge in [-0.15, -0.1) is 0 Å². The Morgan fingerprint density at radius 3 is 2.72 bits per heavy atom. The lowest BCUT2D eigenvalue weighted by molar-refractivity contribution is -0.141. The second kappa shape index (κ2) is 10.9. The summed E-state index contributed by atoms with van der Waals surface area (Å²) in [6.45, 7) is 5.33. The summed E-state index contributed by atoms with van der Waals surface area (Å²) >= 11 is 6.72. The molecular weight excluding hydrogens is 539 g/mol. The van der Waals surface area contributed by atoms with Crippen LogP contribution in [0.4, 0.5) is 19.1 Å². The number of nitrogens with one attached hydrogen (secondary N) is 1. The largest absolute Gasteiger partial charge is 0.485 e. The number of anilines is 1. The number of ether oxygens (including phenoxy) is 2. The van der Waals surface area contributed by atoms with E-state index in [0.717, 1.165) is 19.0 Å². The van der Waals surface area contributed by atoms with E-state index in [4.69, 9.17) is 21.1 Å². The number of pyridine rings is 1. The van der Waals surface area contributed by atoms with E-state index in [1.807, 2.05) is 0 Å². The molecule has 5 rings (SSSR count). The fourth-order valence-corrected chi connectivity index (χ4v) is 5.00. The molecule has 4 heterocycles. The number of carbonyl (C=O) groups excluding carboxylic acids is 2. The first-order chi connectivity index (χ1) is 18.6. The maximum Gasteiger partial charge on any atom is 0.433 e. The third-order valence-electron chi connectivity index (χ3n) is 6.66. The van der Waals surface area contributed by atoms with Crippen LogP contribution in [0.25, 0.3) is 11.0 Å². The van der Waals surface area contributed by atoms with Gasteiger partial charge in [0, 0.05) is 37.0 Å². The van der Waals surface area contributed by atoms with E-state index >= 15 is 0 Å². The van der Waals surface area contributed by atoms with Crippen LogP contribution in [0.3, 0.4) is 0 Å². The predicted octanol–water partition coefficient (Wildman–Crippen LogP) is 4.87. The molecule has 13 heteroatoms. The number of hydrogen-bond acceptors (Lipinski definition) is 6. The van der Waals surface area contributed by atoms with Gasteiger partial charge in [-0.25, -0.2) is 4.98 Å². The normalized spacial score (nSPS) is 18.4. The highest BCUT2D eigenvalue weighted by molar-refractivity contribution is 6.35. The molecule has 0 saturated carbocycles. The minimum absolute atomic E-state index is 0.0873. The smallest absolute Gasteiger partial charge is 0.433 e. The number of fused-ring (bicyclic) bond motifs is 1. The van der Waals surface area contributed by atoms with Gasteiger partial charge in [0.1, 0.15) is 17.5 Å². The lowest BCUT2D eigenvalue weighted by Crippen LogP contribution is -2.38. The number of amides is 2. The number of halogens is 4. The molecule has 39 heavy (non-hydrogen) atoms. The van der Waals surface area contributed by atoms with Gasteiger partial charge in [-0.3, -0.25) is 19.9 Å². The zero-order chi connectivity index (χ0) is 27.7. The number of imidazole rings is 1. The van der Waals surface area contributed by atoms with Crippen molar-refractivity contribution >= 4 is 40.4 Å². The molecule has 9 nitrogen and oxygen atoms in total. The van der Waals surface area contributed by atoms with Crippen molar-refractivity contribution < 1.29 is 32.2 Å². The topological polar surface area (TPSA) is 98.6 Å². The fourth-order valence-electron chi connectivity index (χ4n) is 4.70. The standard InChI is InChI=1S/C26H25ClF3N5O4/c1-2-22(36)34-8-4-3-5-16(12-34)35-23-19(27)10-17(39-18-13-38-14-18)11-20(23)32-25(35)33-24(37)15-6-7-31-21(9-15)26(28,29)30/h2,6-7,9-11,16,18H,1,3-5,8,12-14H2,(H,32,33,37). The fraction of sp³-hybridized carbons (Fsp3) is 0.385. The summed E-state index contributed by atoms with van der Waals surface area (Å²) in [5.41, 5.74) is -0.492. The first-order valence-corrected chi connectivity index (χ1v) is 12.7. The summed E-state index contributed by atoms with van der Waals surface area (Å²) in [7, 11) is 0. The molecule has 1 unspecified atom stereocenters. The second-order valence-corrected chi connectivity index (χ2v) is 9.78. The van der Waals surface area contributed by atoms with Gasteiger partial charge in [-0.2, -0.15) is 13.2 Å². The number of rotatable bonds is 6. The van der Waals surface area contributed by atoms with Gasteiger partial charge in [0.2, 0.25) is 11.9 Å². The minimum Gasteiger partial charge on any atom is -0.485 e. The van der Waals surface area contributed by atoms with Crippen LogP contribution in [-0.2, 0) is 15.7 Å². The monoisotopic (exact) mass is 563 g/mol. The van der Waals surface area contributed by atoms with Crippen LogP contribution in [0.2, 0.25) is 5.02 Å². The summed E-state index contributed by atoms with van der Waals surface area (Å²) in [5.74, 6) is -0.468. The third kappa shape index (κ3) is 5.71. The zero-order valence-corrected chi connectivity index (χ0v) is 21.5. The van der Waals surface area contributed by atoms with E-state index in [-0.39, 0.29) is 29.6 Å². The number of alkyl halides is 3. The molecule has 3 aromatic rings. The Morgan fingerprint density at radius 2 is 2.03 bits per heavy atom. The molecule has 2 fully saturated rings. The highest BCUT2D eigenvalue weighted by atomic mass is 35.5. The molecule has 1 N–H and O–H groups in total. The van der Waals surface area contributed by atoms with Crippen molar-refractivity contribution in [2.45, 2.75) is 37.6 Å². The number of hydrogen-bond donors (Lipinski definition) is 1. The minimum atomic E-state index is -4.71. The Labute approximate surface area is 226 Å². The summed E-state index contributed by atoms with van der Waals surface area (Å²) in [4.78, 5) is 35.2. The van der Waals surface area contributed by atoms with E-state index in [9.17, 15) is 22.8 Å². The Bertz CT molecular complexity index is 1420. The van der Waals surface area contributed by atoms with Gasteiger partial charge in [-0.05, 0) is 37.5 Å². The molecule has 2 aliphatic rings. The molecule has 0 radical (unpaired) electrons. The molecule has 1 atom stereocenters. The number of aromatic nitrogens is 3. The molecule has 0 bridgehead atoms. The SMILES string of the molecule is C=CC(=O)N1CCCCC(n2c(NC(=O)c3ccnc(C(F)(F)F)c3)nc3cc(OC4COC4)cc(Cl)c32)C1. The van der Waals surface area contributed by atoms with Gasteiger partial charge in [0.15, 0.2) is 0 Å². The van der Waals surface area contributed by atoms with Crippen molar-refractivity contribution in [3.63, 3.8) is 0 Å². The molecule has 2 aliphatic heterocycles. The zero-order valence-electron chi connectivity index (χ0n) is 20.7. The number of benzene rings is 1. The maximum absolute atomic E-state index is 13.2. The van der Waals surface area contributed by atoms with Crippen LogP contribution in [0.15, 0.2) is 43.1 Å². The first-order valence-electron chi connectivity index (χ1n) is 12.4. The summed E-state index contributed by atoms with van der Waals surface area (Å²) in [6, 6.07) is 4.87. The van der Waals surface area contributed by atoms with Gasteiger partial charge in [0.25, 0.3) is 5.91 Å².